The van der Waals surface area contributed by atoms with Gasteiger partial charge < -0.3 is 9.67 Å². The molecule has 0 amide bonds. The van der Waals surface area contributed by atoms with Crippen molar-refractivity contribution in [1.29, 1.82) is 0 Å². The van der Waals surface area contributed by atoms with Crippen molar-refractivity contribution < 1.29 is 9.90 Å². The monoisotopic (exact) mass is 287 g/mol. The van der Waals surface area contributed by atoms with Crippen LogP contribution in [0.1, 0.15) is 43.5 Å². The highest BCUT2D eigenvalue weighted by Gasteiger charge is 2.36. The van der Waals surface area contributed by atoms with Crippen LogP contribution in [0.25, 0.3) is 0 Å². The molecular formula is C11H14ClN3O2S. The normalized spacial score (nSPS) is 20.9. The number of rotatable bonds is 6. The van der Waals surface area contributed by atoms with Gasteiger partial charge in [0.25, 0.3) is 0 Å². The quantitative estimate of drug-likeness (QED) is 0.642. The van der Waals surface area contributed by atoms with Gasteiger partial charge in [0.1, 0.15) is 11.2 Å². The third kappa shape index (κ3) is 2.49. The second kappa shape index (κ2) is 4.74. The number of hydrogen-bond acceptors (Lipinski definition) is 4. The molecule has 0 bridgehead atoms. The molecule has 98 valence electrons. The predicted octanol–water partition coefficient (Wildman–Crippen LogP) is 2.27. The Kier molecular flexibility index (Phi) is 3.23. The van der Waals surface area contributed by atoms with Gasteiger partial charge in [0, 0.05) is 17.7 Å². The molecule has 18 heavy (non-hydrogen) atoms. The van der Waals surface area contributed by atoms with Crippen LogP contribution in [-0.4, -0.2) is 37.0 Å². The zero-order valence-electron chi connectivity index (χ0n) is 9.75. The molecule has 1 aromatic rings. The lowest BCUT2D eigenvalue weighted by Gasteiger charge is -2.08. The number of aromatic nitrogens is 3. The van der Waals surface area contributed by atoms with Crippen molar-refractivity contribution in [3.63, 3.8) is 0 Å². The van der Waals surface area contributed by atoms with E-state index in [2.05, 4.69) is 14.8 Å². The minimum Gasteiger partial charge on any atom is -0.480 e. The summed E-state index contributed by atoms with van der Waals surface area (Å²) in [6.45, 7) is 0. The summed E-state index contributed by atoms with van der Waals surface area (Å²) in [5.74, 6) is 0.996. The highest BCUT2D eigenvalue weighted by Crippen LogP contribution is 2.46. The molecule has 0 saturated heterocycles. The first-order chi connectivity index (χ1) is 8.66. The molecule has 2 aliphatic rings. The zero-order valence-corrected chi connectivity index (χ0v) is 11.3. The minimum atomic E-state index is -0.982. The van der Waals surface area contributed by atoms with Gasteiger partial charge in [0.2, 0.25) is 0 Å². The van der Waals surface area contributed by atoms with E-state index in [1.165, 1.54) is 37.4 Å². The number of carbonyl (C=O) groups is 1. The molecule has 0 aromatic carbocycles. The molecule has 1 aromatic heterocycles. The number of halogens is 1. The molecule has 1 atom stereocenters. The van der Waals surface area contributed by atoms with Crippen molar-refractivity contribution in [1.82, 2.24) is 14.8 Å². The molecule has 2 aliphatic carbocycles. The Bertz CT molecular complexity index is 471. The molecule has 2 saturated carbocycles. The van der Waals surface area contributed by atoms with Crippen molar-refractivity contribution in [3.05, 3.63) is 5.82 Å². The van der Waals surface area contributed by atoms with Crippen LogP contribution in [0.3, 0.4) is 0 Å². The Morgan fingerprint density at radius 2 is 2.17 bits per heavy atom. The van der Waals surface area contributed by atoms with Gasteiger partial charge in [0.15, 0.2) is 5.16 Å². The van der Waals surface area contributed by atoms with Gasteiger partial charge in [-0.2, -0.15) is 0 Å². The van der Waals surface area contributed by atoms with Crippen LogP contribution < -0.4 is 0 Å². The summed E-state index contributed by atoms with van der Waals surface area (Å²) in [6, 6.07) is 0.525. The summed E-state index contributed by atoms with van der Waals surface area (Å²) in [6.07, 6.45) is 4.74. The van der Waals surface area contributed by atoms with Gasteiger partial charge in [-0.05, 0) is 25.7 Å². The Labute approximate surface area is 114 Å². The van der Waals surface area contributed by atoms with Crippen molar-refractivity contribution in [2.75, 3.05) is 5.75 Å². The largest absolute Gasteiger partial charge is 0.480 e. The summed E-state index contributed by atoms with van der Waals surface area (Å²) >= 11 is 7.11. The smallest absolute Gasteiger partial charge is 0.322 e. The van der Waals surface area contributed by atoms with E-state index in [9.17, 15) is 4.79 Å². The van der Waals surface area contributed by atoms with E-state index < -0.39 is 11.3 Å². The van der Waals surface area contributed by atoms with Gasteiger partial charge in [-0.25, -0.2) is 0 Å². The van der Waals surface area contributed by atoms with Gasteiger partial charge in [-0.15, -0.1) is 21.8 Å². The van der Waals surface area contributed by atoms with Crippen LogP contribution in [0, 0.1) is 0 Å². The molecule has 5 nitrogen and oxygen atoms in total. The summed E-state index contributed by atoms with van der Waals surface area (Å²) in [5, 5.41) is 17.2. The number of aliphatic carboxylic acids is 1. The predicted molar refractivity (Wildman–Crippen MR) is 68.3 cm³/mol. The molecule has 0 spiro atoms. The topological polar surface area (TPSA) is 68.0 Å². The molecule has 0 radical (unpaired) electrons. The van der Waals surface area contributed by atoms with Crippen molar-refractivity contribution in [3.8, 4) is 0 Å². The number of carboxylic acid groups (broad SMARTS) is 1. The number of carboxylic acids is 1. The van der Waals surface area contributed by atoms with Crippen LogP contribution >= 0.6 is 23.4 Å². The third-order valence-corrected chi connectivity index (χ3v) is 4.73. The molecule has 2 fully saturated rings. The SMILES string of the molecule is O=C(O)C(Cl)CSc1nnc(C2CC2)n1C1CC1. The van der Waals surface area contributed by atoms with E-state index in [0.717, 1.165) is 11.0 Å². The fourth-order valence-corrected chi connectivity index (χ4v) is 3.01. The van der Waals surface area contributed by atoms with Crippen LogP contribution in [-0.2, 0) is 4.79 Å². The van der Waals surface area contributed by atoms with E-state index >= 15 is 0 Å². The lowest BCUT2D eigenvalue weighted by molar-refractivity contribution is -0.136. The minimum absolute atomic E-state index is 0.326. The van der Waals surface area contributed by atoms with E-state index in [1.807, 2.05) is 0 Å². The molecule has 7 heteroatoms. The third-order valence-electron chi connectivity index (χ3n) is 3.17. The van der Waals surface area contributed by atoms with Gasteiger partial charge in [0.05, 0.1) is 0 Å². The maximum atomic E-state index is 10.7. The second-order valence-corrected chi connectivity index (χ2v) is 6.35. The summed E-state index contributed by atoms with van der Waals surface area (Å²) < 4.78 is 2.20. The number of nitrogens with zero attached hydrogens (tertiary/aromatic N) is 3. The molecule has 1 N–H and O–H groups in total. The number of thioether (sulfide) groups is 1. The highest BCUT2D eigenvalue weighted by molar-refractivity contribution is 7.99. The first-order valence-electron chi connectivity index (χ1n) is 6.11. The summed E-state index contributed by atoms with van der Waals surface area (Å²) in [7, 11) is 0. The average molecular weight is 288 g/mol. The van der Waals surface area contributed by atoms with Crippen molar-refractivity contribution >= 4 is 29.3 Å². The maximum absolute atomic E-state index is 10.7. The van der Waals surface area contributed by atoms with Crippen LogP contribution in [0.2, 0.25) is 0 Å². The molecule has 1 heterocycles. The van der Waals surface area contributed by atoms with Crippen LogP contribution in [0.15, 0.2) is 5.16 Å². The molecule has 1 unspecified atom stereocenters. The molecule has 3 rings (SSSR count). The Hall–Kier alpha value is -0.750. The molecule has 0 aliphatic heterocycles. The van der Waals surface area contributed by atoms with E-state index in [1.54, 1.807) is 0 Å². The van der Waals surface area contributed by atoms with E-state index in [4.69, 9.17) is 16.7 Å². The van der Waals surface area contributed by atoms with E-state index in [0.29, 0.717) is 17.7 Å². The summed E-state index contributed by atoms with van der Waals surface area (Å²) in [4.78, 5) is 10.7. The van der Waals surface area contributed by atoms with Crippen LogP contribution in [0.4, 0.5) is 0 Å². The average Bonchev–Trinajstić information content (AvgIpc) is 3.24. The second-order valence-electron chi connectivity index (χ2n) is 4.83. The number of hydrogen-bond donors (Lipinski definition) is 1. The fourth-order valence-electron chi connectivity index (χ4n) is 1.90. The van der Waals surface area contributed by atoms with Gasteiger partial charge in [-0.3, -0.25) is 4.79 Å². The Balaban J connectivity index is 1.73. The highest BCUT2D eigenvalue weighted by atomic mass is 35.5. The van der Waals surface area contributed by atoms with E-state index in [-0.39, 0.29) is 0 Å². The van der Waals surface area contributed by atoms with Crippen LogP contribution in [0.5, 0.6) is 0 Å². The lowest BCUT2D eigenvalue weighted by atomic mass is 10.4. The molecular weight excluding hydrogens is 274 g/mol. The Morgan fingerprint density at radius 1 is 1.44 bits per heavy atom. The maximum Gasteiger partial charge on any atom is 0.322 e. The van der Waals surface area contributed by atoms with Gasteiger partial charge in [-0.1, -0.05) is 11.8 Å². The number of alkyl halides is 1. The summed E-state index contributed by atoms with van der Waals surface area (Å²) in [5.41, 5.74) is 0. The van der Waals surface area contributed by atoms with Crippen molar-refractivity contribution in [2.24, 2.45) is 0 Å². The zero-order chi connectivity index (χ0) is 12.7. The first-order valence-corrected chi connectivity index (χ1v) is 7.53. The Morgan fingerprint density at radius 3 is 2.72 bits per heavy atom. The lowest BCUT2D eigenvalue weighted by Crippen LogP contribution is -2.16. The van der Waals surface area contributed by atoms with Gasteiger partial charge >= 0.3 is 5.97 Å². The first kappa shape index (κ1) is 12.3. The van der Waals surface area contributed by atoms with Crippen molar-refractivity contribution in [2.45, 2.75) is 48.2 Å². The standard InChI is InChI=1S/C11H14ClN3O2S/c12-8(10(16)17)5-18-11-14-13-9(6-1-2-6)15(11)7-3-4-7/h6-8H,1-5H2,(H,16,17). The fraction of sp³-hybridized carbons (Fsp3) is 0.727.